The molecule has 5 nitrogen and oxygen atoms in total. The molecule has 0 saturated heterocycles. The van der Waals surface area contributed by atoms with Crippen LogP contribution in [-0.2, 0) is 0 Å². The number of phenolic OH excluding ortho intramolecular Hbond substituents is 1. The predicted molar refractivity (Wildman–Crippen MR) is 127 cm³/mol. The number of methoxy groups -OCH3 is 1. The minimum atomic E-state index is 0.0372. The average molecular weight is 473 g/mol. The van der Waals surface area contributed by atoms with Crippen molar-refractivity contribution in [2.75, 3.05) is 7.11 Å². The van der Waals surface area contributed by atoms with Gasteiger partial charge >= 0.3 is 0 Å². The first kappa shape index (κ1) is 19.3. The Hall–Kier alpha value is -3.64. The molecular formula is C25H17BrN2O3. The minimum Gasteiger partial charge on any atom is -0.504 e. The third-order valence-electron chi connectivity index (χ3n) is 5.03. The molecule has 4 aromatic carbocycles. The zero-order valence-corrected chi connectivity index (χ0v) is 18.1. The van der Waals surface area contributed by atoms with Crippen LogP contribution in [0.1, 0.15) is 5.56 Å². The lowest BCUT2D eigenvalue weighted by atomic mass is 10.0. The van der Waals surface area contributed by atoms with Gasteiger partial charge in [-0.2, -0.15) is 0 Å². The van der Waals surface area contributed by atoms with Crippen LogP contribution in [0, 0.1) is 0 Å². The van der Waals surface area contributed by atoms with Crippen molar-refractivity contribution in [1.29, 1.82) is 0 Å². The Morgan fingerprint density at radius 1 is 1.03 bits per heavy atom. The van der Waals surface area contributed by atoms with Crippen LogP contribution in [0.4, 0.5) is 5.69 Å². The van der Waals surface area contributed by atoms with Crippen LogP contribution in [0.25, 0.3) is 33.3 Å². The van der Waals surface area contributed by atoms with Crippen LogP contribution < -0.4 is 4.74 Å². The zero-order chi connectivity index (χ0) is 21.4. The standard InChI is InChI=1S/C25H17BrN2O3/c1-30-23-12-17(26)11-16(24(23)29)14-27-18-9-10-22-21(13-18)28-25(31-22)20-8-4-6-15-5-2-3-7-19(15)20/h2-14,29H,1H3. The highest BCUT2D eigenvalue weighted by atomic mass is 79.9. The maximum atomic E-state index is 10.3. The number of hydrogen-bond acceptors (Lipinski definition) is 5. The van der Waals surface area contributed by atoms with E-state index in [-0.39, 0.29) is 5.75 Å². The molecule has 0 bridgehead atoms. The first-order valence-corrected chi connectivity index (χ1v) is 10.4. The second-order valence-electron chi connectivity index (χ2n) is 7.00. The van der Waals surface area contributed by atoms with Crippen LogP contribution in [-0.4, -0.2) is 23.4 Å². The number of aliphatic imine (C=N–C) groups is 1. The number of oxazole rings is 1. The number of nitrogens with zero attached hydrogens (tertiary/aromatic N) is 2. The van der Waals surface area contributed by atoms with Crippen molar-refractivity contribution in [3.63, 3.8) is 0 Å². The van der Waals surface area contributed by atoms with E-state index in [2.05, 4.69) is 39.1 Å². The third kappa shape index (κ3) is 3.66. The van der Waals surface area contributed by atoms with E-state index in [9.17, 15) is 5.11 Å². The van der Waals surface area contributed by atoms with Gasteiger partial charge in [-0.15, -0.1) is 0 Å². The van der Waals surface area contributed by atoms with Gasteiger partial charge in [0.25, 0.3) is 0 Å². The van der Waals surface area contributed by atoms with E-state index in [1.54, 1.807) is 18.3 Å². The van der Waals surface area contributed by atoms with E-state index in [0.29, 0.717) is 34.0 Å². The van der Waals surface area contributed by atoms with E-state index in [1.807, 2.05) is 42.5 Å². The summed E-state index contributed by atoms with van der Waals surface area (Å²) in [5, 5.41) is 12.5. The third-order valence-corrected chi connectivity index (χ3v) is 5.49. The summed E-state index contributed by atoms with van der Waals surface area (Å²) < 4.78 is 12.0. The molecule has 5 aromatic rings. The number of ether oxygens (including phenoxy) is 1. The molecule has 0 saturated carbocycles. The number of aromatic hydroxyl groups is 1. The molecule has 0 aliphatic rings. The molecule has 0 fully saturated rings. The minimum absolute atomic E-state index is 0.0372. The van der Waals surface area contributed by atoms with Crippen molar-refractivity contribution in [2.45, 2.75) is 0 Å². The second-order valence-corrected chi connectivity index (χ2v) is 7.92. The summed E-state index contributed by atoms with van der Waals surface area (Å²) in [5.41, 5.74) is 3.60. The monoisotopic (exact) mass is 472 g/mol. The second kappa shape index (κ2) is 7.89. The number of benzene rings is 4. The number of rotatable bonds is 4. The first-order chi connectivity index (χ1) is 15.1. The molecule has 0 radical (unpaired) electrons. The maximum Gasteiger partial charge on any atom is 0.227 e. The SMILES string of the molecule is COc1cc(Br)cc(C=Nc2ccc3oc(-c4cccc5ccccc45)nc3c2)c1O. The molecule has 1 aromatic heterocycles. The lowest BCUT2D eigenvalue weighted by Gasteiger charge is -2.06. The zero-order valence-electron chi connectivity index (χ0n) is 16.5. The van der Waals surface area contributed by atoms with E-state index in [1.165, 1.54) is 7.11 Å². The maximum absolute atomic E-state index is 10.3. The largest absolute Gasteiger partial charge is 0.504 e. The molecule has 6 heteroatoms. The number of phenols is 1. The van der Waals surface area contributed by atoms with Crippen LogP contribution in [0.3, 0.4) is 0 Å². The highest BCUT2D eigenvalue weighted by molar-refractivity contribution is 9.10. The van der Waals surface area contributed by atoms with Crippen LogP contribution in [0.2, 0.25) is 0 Å². The molecule has 152 valence electrons. The summed E-state index contributed by atoms with van der Waals surface area (Å²) in [6.07, 6.45) is 1.59. The quantitative estimate of drug-likeness (QED) is 0.289. The van der Waals surface area contributed by atoms with Gasteiger partial charge in [-0.05, 0) is 47.2 Å². The molecular weight excluding hydrogens is 456 g/mol. The average Bonchev–Trinajstić information content (AvgIpc) is 3.22. The molecule has 0 amide bonds. The molecule has 1 N–H and O–H groups in total. The lowest BCUT2D eigenvalue weighted by molar-refractivity contribution is 0.373. The highest BCUT2D eigenvalue weighted by Gasteiger charge is 2.12. The van der Waals surface area contributed by atoms with Crippen molar-refractivity contribution >= 4 is 49.7 Å². The van der Waals surface area contributed by atoms with Gasteiger partial charge in [0.2, 0.25) is 5.89 Å². The number of aromatic nitrogens is 1. The molecule has 0 spiro atoms. The van der Waals surface area contributed by atoms with Crippen molar-refractivity contribution < 1.29 is 14.3 Å². The number of hydrogen-bond donors (Lipinski definition) is 1. The summed E-state index contributed by atoms with van der Waals surface area (Å²) in [7, 11) is 1.51. The van der Waals surface area contributed by atoms with Gasteiger partial charge < -0.3 is 14.3 Å². The molecule has 5 rings (SSSR count). The van der Waals surface area contributed by atoms with E-state index < -0.39 is 0 Å². The van der Waals surface area contributed by atoms with Crippen molar-refractivity contribution in [3.8, 4) is 23.0 Å². The van der Waals surface area contributed by atoms with Gasteiger partial charge in [-0.1, -0.05) is 52.3 Å². The van der Waals surface area contributed by atoms with Gasteiger partial charge in [-0.3, -0.25) is 4.99 Å². The molecule has 1 heterocycles. The van der Waals surface area contributed by atoms with Gasteiger partial charge in [0.15, 0.2) is 17.1 Å². The summed E-state index contributed by atoms with van der Waals surface area (Å²) in [4.78, 5) is 9.18. The Kier molecular flexibility index (Phi) is 4.92. The molecule has 0 aliphatic carbocycles. The fourth-order valence-corrected chi connectivity index (χ4v) is 3.97. The van der Waals surface area contributed by atoms with Crippen LogP contribution >= 0.6 is 15.9 Å². The van der Waals surface area contributed by atoms with Crippen molar-refractivity contribution in [2.24, 2.45) is 4.99 Å². The number of fused-ring (bicyclic) bond motifs is 2. The van der Waals surface area contributed by atoms with Crippen LogP contribution in [0.15, 0.2) is 86.7 Å². The van der Waals surface area contributed by atoms with Gasteiger partial charge in [0.05, 0.1) is 12.8 Å². The Bertz CT molecular complexity index is 1450. The van der Waals surface area contributed by atoms with E-state index in [0.717, 1.165) is 20.8 Å². The predicted octanol–water partition coefficient (Wildman–Crippen LogP) is 6.88. The Morgan fingerprint density at radius 2 is 1.87 bits per heavy atom. The van der Waals surface area contributed by atoms with Gasteiger partial charge in [0.1, 0.15) is 5.52 Å². The topological polar surface area (TPSA) is 67.9 Å². The van der Waals surface area contributed by atoms with Crippen LogP contribution in [0.5, 0.6) is 11.5 Å². The summed E-state index contributed by atoms with van der Waals surface area (Å²) in [6.45, 7) is 0. The Balaban J connectivity index is 1.52. The summed E-state index contributed by atoms with van der Waals surface area (Å²) in [6, 6.07) is 23.3. The first-order valence-electron chi connectivity index (χ1n) is 9.62. The summed E-state index contributed by atoms with van der Waals surface area (Å²) in [5.74, 6) is 0.986. The summed E-state index contributed by atoms with van der Waals surface area (Å²) >= 11 is 3.41. The normalized spacial score (nSPS) is 11.5. The van der Waals surface area contributed by atoms with E-state index >= 15 is 0 Å². The van der Waals surface area contributed by atoms with Gasteiger partial charge in [0, 0.05) is 21.8 Å². The molecule has 31 heavy (non-hydrogen) atoms. The highest BCUT2D eigenvalue weighted by Crippen LogP contribution is 2.34. The lowest BCUT2D eigenvalue weighted by Crippen LogP contribution is -1.89. The van der Waals surface area contributed by atoms with Gasteiger partial charge in [-0.25, -0.2) is 4.98 Å². The van der Waals surface area contributed by atoms with E-state index in [4.69, 9.17) is 14.1 Å². The smallest absolute Gasteiger partial charge is 0.227 e. The fourth-order valence-electron chi connectivity index (χ4n) is 3.52. The number of halogens is 1. The fraction of sp³-hybridized carbons (Fsp3) is 0.0400. The molecule has 0 atom stereocenters. The van der Waals surface area contributed by atoms with Crippen molar-refractivity contribution in [3.05, 3.63) is 82.8 Å². The Morgan fingerprint density at radius 3 is 2.74 bits per heavy atom. The Labute approximate surface area is 186 Å². The molecule has 0 unspecified atom stereocenters. The van der Waals surface area contributed by atoms with Crippen molar-refractivity contribution in [1.82, 2.24) is 4.98 Å². The molecule has 0 aliphatic heterocycles.